The minimum Gasteiger partial charge on any atom is -0.448 e. The summed E-state index contributed by atoms with van der Waals surface area (Å²) in [6.45, 7) is 3.96. The van der Waals surface area contributed by atoms with E-state index in [0.717, 1.165) is 24.9 Å². The van der Waals surface area contributed by atoms with E-state index in [9.17, 15) is 14.4 Å². The Bertz CT molecular complexity index is 1080. The number of nitrogens with zero attached hydrogens (tertiary/aromatic N) is 1. The van der Waals surface area contributed by atoms with Crippen molar-refractivity contribution in [2.24, 2.45) is 5.41 Å². The first kappa shape index (κ1) is 26.0. The molecule has 1 unspecified atom stereocenters. The van der Waals surface area contributed by atoms with Crippen LogP contribution in [-0.2, 0) is 27.3 Å². The van der Waals surface area contributed by atoms with Crippen LogP contribution >= 0.6 is 11.6 Å². The zero-order valence-electron chi connectivity index (χ0n) is 20.5. The van der Waals surface area contributed by atoms with Crippen LogP contribution in [-0.4, -0.2) is 55.1 Å². The third-order valence-corrected chi connectivity index (χ3v) is 7.49. The molecule has 2 fully saturated rings. The summed E-state index contributed by atoms with van der Waals surface area (Å²) in [5.74, 6) is -0.142. The molecule has 0 spiro atoms. The Morgan fingerprint density at radius 3 is 2.42 bits per heavy atom. The molecule has 2 aliphatic rings. The van der Waals surface area contributed by atoms with Gasteiger partial charge in [-0.3, -0.25) is 14.9 Å². The molecule has 2 heterocycles. The number of amides is 3. The summed E-state index contributed by atoms with van der Waals surface area (Å²) in [5.41, 5.74) is 1.67. The van der Waals surface area contributed by atoms with E-state index in [4.69, 9.17) is 16.3 Å². The van der Waals surface area contributed by atoms with Gasteiger partial charge >= 0.3 is 6.09 Å². The SMILES string of the molecule is CCc1ccc(NC(=O)OCC2(C(=O)NCc3ccccc3Cl)CCN(C(=O)C3CCN3)CC2)cc1. The molecule has 4 rings (SSSR count). The molecule has 3 N–H and O–H groups in total. The number of halogens is 1. The molecule has 1 atom stereocenters. The van der Waals surface area contributed by atoms with E-state index in [-0.39, 0.29) is 31.0 Å². The first-order valence-electron chi connectivity index (χ1n) is 12.5. The van der Waals surface area contributed by atoms with Crippen molar-refractivity contribution >= 4 is 35.2 Å². The number of carbonyl (C=O) groups is 3. The fraction of sp³-hybridized carbons (Fsp3) is 0.444. The fourth-order valence-electron chi connectivity index (χ4n) is 4.50. The van der Waals surface area contributed by atoms with Crippen LogP contribution in [0, 0.1) is 5.41 Å². The van der Waals surface area contributed by atoms with Crippen LogP contribution in [0.25, 0.3) is 0 Å². The fourth-order valence-corrected chi connectivity index (χ4v) is 4.70. The van der Waals surface area contributed by atoms with Gasteiger partial charge in [0.25, 0.3) is 0 Å². The van der Waals surface area contributed by atoms with Gasteiger partial charge in [0.1, 0.15) is 6.61 Å². The van der Waals surface area contributed by atoms with Crippen LogP contribution in [0.1, 0.15) is 37.3 Å². The molecule has 2 saturated heterocycles. The number of hydrogen-bond acceptors (Lipinski definition) is 5. The first-order chi connectivity index (χ1) is 17.4. The standard InChI is InChI=1S/C27H33ClN4O4/c1-2-19-7-9-21(10-8-19)31-26(35)36-18-27(25(34)30-17-20-5-3-4-6-22(20)28)12-15-32(16-13-27)24(33)23-11-14-29-23/h3-10,23,29H,2,11-18H2,1H3,(H,30,34)(H,31,35). The number of likely N-dealkylation sites (tertiary alicyclic amines) is 1. The average Bonchev–Trinajstić information content (AvgIpc) is 2.86. The lowest BCUT2D eigenvalue weighted by Gasteiger charge is -2.42. The van der Waals surface area contributed by atoms with Crippen molar-refractivity contribution in [2.45, 2.75) is 45.2 Å². The quantitative estimate of drug-likeness (QED) is 0.500. The largest absolute Gasteiger partial charge is 0.448 e. The summed E-state index contributed by atoms with van der Waals surface area (Å²) < 4.78 is 5.57. The summed E-state index contributed by atoms with van der Waals surface area (Å²) in [7, 11) is 0. The molecule has 192 valence electrons. The highest BCUT2D eigenvalue weighted by atomic mass is 35.5. The Kier molecular flexibility index (Phi) is 8.48. The van der Waals surface area contributed by atoms with E-state index in [2.05, 4.69) is 22.9 Å². The van der Waals surface area contributed by atoms with Gasteiger partial charge < -0.3 is 20.3 Å². The second-order valence-electron chi connectivity index (χ2n) is 9.43. The molecule has 0 aromatic heterocycles. The van der Waals surface area contributed by atoms with Crippen LogP contribution in [0.2, 0.25) is 5.02 Å². The Labute approximate surface area is 216 Å². The molecule has 0 saturated carbocycles. The Morgan fingerprint density at radius 2 is 1.81 bits per heavy atom. The lowest BCUT2D eigenvalue weighted by molar-refractivity contribution is -0.145. The van der Waals surface area contributed by atoms with Gasteiger partial charge in [-0.05, 0) is 61.6 Å². The van der Waals surface area contributed by atoms with Crippen molar-refractivity contribution in [3.05, 3.63) is 64.7 Å². The van der Waals surface area contributed by atoms with Crippen molar-refractivity contribution in [2.75, 3.05) is 31.6 Å². The van der Waals surface area contributed by atoms with E-state index in [1.54, 1.807) is 11.0 Å². The zero-order chi connectivity index (χ0) is 25.5. The normalized spacial score (nSPS) is 18.6. The minimum atomic E-state index is -0.936. The first-order valence-corrected chi connectivity index (χ1v) is 12.8. The van der Waals surface area contributed by atoms with E-state index in [1.165, 1.54) is 5.56 Å². The van der Waals surface area contributed by atoms with E-state index in [1.807, 2.05) is 42.5 Å². The van der Waals surface area contributed by atoms with Crippen LogP contribution in [0.3, 0.4) is 0 Å². The second kappa shape index (κ2) is 11.8. The molecule has 2 aromatic rings. The van der Waals surface area contributed by atoms with Crippen LogP contribution in [0.15, 0.2) is 48.5 Å². The lowest BCUT2D eigenvalue weighted by atomic mass is 9.77. The molecule has 0 aliphatic carbocycles. The number of carbonyl (C=O) groups excluding carboxylic acids is 3. The van der Waals surface area contributed by atoms with Crippen LogP contribution in [0.5, 0.6) is 0 Å². The molecule has 9 heteroatoms. The van der Waals surface area contributed by atoms with Gasteiger partial charge in [-0.25, -0.2) is 4.79 Å². The number of aryl methyl sites for hydroxylation is 1. The number of piperidine rings is 1. The molecule has 3 amide bonds. The number of ether oxygens (including phenoxy) is 1. The predicted octanol–water partition coefficient (Wildman–Crippen LogP) is 3.74. The van der Waals surface area contributed by atoms with Crippen molar-refractivity contribution in [3.63, 3.8) is 0 Å². The number of rotatable bonds is 8. The highest BCUT2D eigenvalue weighted by Crippen LogP contribution is 2.33. The summed E-state index contributed by atoms with van der Waals surface area (Å²) in [4.78, 5) is 40.5. The maximum Gasteiger partial charge on any atom is 0.411 e. The average molecular weight is 513 g/mol. The topological polar surface area (TPSA) is 99.8 Å². The number of nitrogens with one attached hydrogen (secondary N) is 3. The van der Waals surface area contributed by atoms with Gasteiger partial charge in [-0.15, -0.1) is 0 Å². The molecule has 8 nitrogen and oxygen atoms in total. The number of anilines is 1. The second-order valence-corrected chi connectivity index (χ2v) is 9.83. The maximum atomic E-state index is 13.4. The van der Waals surface area contributed by atoms with Crippen LogP contribution < -0.4 is 16.0 Å². The highest BCUT2D eigenvalue weighted by molar-refractivity contribution is 6.31. The smallest absolute Gasteiger partial charge is 0.411 e. The molecule has 0 bridgehead atoms. The summed E-state index contributed by atoms with van der Waals surface area (Å²) in [6.07, 6.45) is 1.93. The zero-order valence-corrected chi connectivity index (χ0v) is 21.3. The summed E-state index contributed by atoms with van der Waals surface area (Å²) >= 11 is 6.25. The predicted molar refractivity (Wildman–Crippen MR) is 139 cm³/mol. The molecular weight excluding hydrogens is 480 g/mol. The molecule has 2 aliphatic heterocycles. The van der Waals surface area contributed by atoms with E-state index in [0.29, 0.717) is 36.6 Å². The Hall–Kier alpha value is -3.10. The Balaban J connectivity index is 1.40. The van der Waals surface area contributed by atoms with Crippen molar-refractivity contribution < 1.29 is 19.1 Å². The third kappa shape index (κ3) is 6.17. The van der Waals surface area contributed by atoms with Gasteiger partial charge in [-0.2, -0.15) is 0 Å². The maximum absolute atomic E-state index is 13.4. The summed E-state index contributed by atoms with van der Waals surface area (Å²) in [6, 6.07) is 14.7. The van der Waals surface area contributed by atoms with Crippen molar-refractivity contribution in [1.82, 2.24) is 15.5 Å². The monoisotopic (exact) mass is 512 g/mol. The van der Waals surface area contributed by atoms with Gasteiger partial charge in [-0.1, -0.05) is 48.9 Å². The molecular formula is C27H33ClN4O4. The molecule has 2 aromatic carbocycles. The van der Waals surface area contributed by atoms with Gasteiger partial charge in [0.05, 0.1) is 11.5 Å². The molecule has 36 heavy (non-hydrogen) atoms. The number of hydrogen-bond donors (Lipinski definition) is 3. The van der Waals surface area contributed by atoms with Gasteiger partial charge in [0.15, 0.2) is 0 Å². The van der Waals surface area contributed by atoms with Crippen LogP contribution in [0.4, 0.5) is 10.5 Å². The van der Waals surface area contributed by atoms with Gasteiger partial charge in [0.2, 0.25) is 11.8 Å². The molecule has 0 radical (unpaired) electrons. The van der Waals surface area contributed by atoms with Crippen molar-refractivity contribution in [3.8, 4) is 0 Å². The minimum absolute atomic E-state index is 0.0699. The summed E-state index contributed by atoms with van der Waals surface area (Å²) in [5, 5.41) is 9.42. The number of benzene rings is 2. The highest BCUT2D eigenvalue weighted by Gasteiger charge is 2.44. The Morgan fingerprint density at radius 1 is 1.11 bits per heavy atom. The lowest BCUT2D eigenvalue weighted by Crippen LogP contribution is -2.58. The third-order valence-electron chi connectivity index (χ3n) is 7.12. The van der Waals surface area contributed by atoms with E-state index < -0.39 is 11.5 Å². The van der Waals surface area contributed by atoms with E-state index >= 15 is 0 Å². The van der Waals surface area contributed by atoms with Crippen molar-refractivity contribution in [1.29, 1.82) is 0 Å². The van der Waals surface area contributed by atoms with Gasteiger partial charge in [0, 0.05) is 30.3 Å².